The fourth-order valence-electron chi connectivity index (χ4n) is 4.41. The normalized spacial score (nSPS) is 14.8. The van der Waals surface area contributed by atoms with Crippen LogP contribution in [-0.4, -0.2) is 65.8 Å². The Morgan fingerprint density at radius 2 is 1.97 bits per heavy atom. The quantitative estimate of drug-likeness (QED) is 0.544. The zero-order valence-electron chi connectivity index (χ0n) is 21.6. The largest absolute Gasteiger partial charge is 0.497 e. The fraction of sp³-hybridized carbons (Fsp3) is 0.520. The Bertz CT molecular complexity index is 1200. The van der Waals surface area contributed by atoms with E-state index in [4.69, 9.17) is 19.4 Å². The highest BCUT2D eigenvalue weighted by molar-refractivity contribution is 6.34. The number of piperidine rings is 1. The van der Waals surface area contributed by atoms with Gasteiger partial charge in [-0.3, -0.25) is 0 Å². The number of imidazole rings is 1. The molecule has 0 saturated carbocycles. The number of hydrogen-bond donors (Lipinski definition) is 1. The van der Waals surface area contributed by atoms with Gasteiger partial charge < -0.3 is 24.3 Å². The second kappa shape index (κ2) is 10.1. The standard InChI is InChI=1S/C25H35BN6O3/c1-6-31-15-28-21-20(17-7-8-19(34-5)18(26)13-17)29-23(30-22(21)31)32-11-9-16(10-12-32)14-27-24(33)35-25(2,3)4/h7-8,13,15-16H,6,9-12,14,26H2,1-5H3,(H,27,33). The number of anilines is 1. The lowest BCUT2D eigenvalue weighted by Gasteiger charge is -2.32. The van der Waals surface area contributed by atoms with Crippen molar-refractivity contribution in [1.29, 1.82) is 0 Å². The predicted octanol–water partition coefficient (Wildman–Crippen LogP) is 2.52. The summed E-state index contributed by atoms with van der Waals surface area (Å²) in [5.74, 6) is 1.96. The second-order valence-electron chi connectivity index (χ2n) is 10.1. The first kappa shape index (κ1) is 24.8. The van der Waals surface area contributed by atoms with Crippen LogP contribution in [0.15, 0.2) is 24.5 Å². The minimum Gasteiger partial charge on any atom is -0.497 e. The summed E-state index contributed by atoms with van der Waals surface area (Å²) in [7, 11) is 3.71. The lowest BCUT2D eigenvalue weighted by Crippen LogP contribution is -2.40. The Morgan fingerprint density at radius 3 is 2.60 bits per heavy atom. The number of amides is 1. The van der Waals surface area contributed by atoms with E-state index in [0.717, 1.165) is 72.1 Å². The first-order chi connectivity index (χ1) is 16.7. The van der Waals surface area contributed by atoms with Gasteiger partial charge in [0.25, 0.3) is 0 Å². The van der Waals surface area contributed by atoms with Crippen LogP contribution in [0.5, 0.6) is 5.75 Å². The van der Waals surface area contributed by atoms with Crippen molar-refractivity contribution in [2.45, 2.75) is 52.7 Å². The third kappa shape index (κ3) is 5.69. The van der Waals surface area contributed by atoms with Crippen molar-refractivity contribution in [2.75, 3.05) is 31.6 Å². The molecule has 1 aliphatic rings. The van der Waals surface area contributed by atoms with Crippen LogP contribution in [0.2, 0.25) is 0 Å². The number of aryl methyl sites for hydroxylation is 1. The molecule has 4 rings (SSSR count). The van der Waals surface area contributed by atoms with Crippen LogP contribution in [0.25, 0.3) is 22.4 Å². The van der Waals surface area contributed by atoms with Crippen molar-refractivity contribution in [2.24, 2.45) is 5.92 Å². The van der Waals surface area contributed by atoms with E-state index < -0.39 is 5.60 Å². The summed E-state index contributed by atoms with van der Waals surface area (Å²) in [6, 6.07) is 6.08. The topological polar surface area (TPSA) is 94.4 Å². The molecular weight excluding hydrogens is 443 g/mol. The number of ether oxygens (including phenoxy) is 2. The lowest BCUT2D eigenvalue weighted by atomic mass is 9.92. The molecule has 9 nitrogen and oxygen atoms in total. The SMILES string of the molecule is Bc1cc(-c2nc(N3CCC(CNC(=O)OC(C)(C)C)CC3)nc3c2ncn3CC)ccc1OC. The molecule has 10 heteroatoms. The lowest BCUT2D eigenvalue weighted by molar-refractivity contribution is 0.0516. The molecular formula is C25H35BN6O3. The van der Waals surface area contributed by atoms with Gasteiger partial charge in [0.1, 0.15) is 30.4 Å². The van der Waals surface area contributed by atoms with Crippen molar-refractivity contribution in [1.82, 2.24) is 24.8 Å². The van der Waals surface area contributed by atoms with Crippen molar-refractivity contribution >= 4 is 36.5 Å². The zero-order valence-corrected chi connectivity index (χ0v) is 21.6. The number of methoxy groups -OCH3 is 1. The Labute approximate surface area is 207 Å². The van der Waals surface area contributed by atoms with E-state index in [1.165, 1.54) is 0 Å². The summed E-state index contributed by atoms with van der Waals surface area (Å²) in [6.45, 7) is 10.7. The van der Waals surface area contributed by atoms with E-state index in [9.17, 15) is 4.79 Å². The average Bonchev–Trinajstić information content (AvgIpc) is 3.24. The zero-order chi connectivity index (χ0) is 25.2. The molecule has 1 N–H and O–H groups in total. The van der Waals surface area contributed by atoms with Crippen LogP contribution in [0.4, 0.5) is 10.7 Å². The molecule has 0 bridgehead atoms. The third-order valence-corrected chi connectivity index (χ3v) is 6.29. The molecule has 1 fully saturated rings. The maximum atomic E-state index is 12.0. The molecule has 0 spiro atoms. The Hall–Kier alpha value is -3.30. The van der Waals surface area contributed by atoms with Gasteiger partial charge in [0.2, 0.25) is 5.95 Å². The number of nitrogens with one attached hydrogen (secondary N) is 1. The van der Waals surface area contributed by atoms with Crippen LogP contribution < -0.4 is 20.4 Å². The first-order valence-electron chi connectivity index (χ1n) is 12.3. The molecule has 35 heavy (non-hydrogen) atoms. The molecule has 0 radical (unpaired) electrons. The van der Waals surface area contributed by atoms with Crippen LogP contribution >= 0.6 is 0 Å². The van der Waals surface area contributed by atoms with E-state index in [2.05, 4.69) is 32.8 Å². The van der Waals surface area contributed by atoms with E-state index in [1.807, 2.05) is 47.1 Å². The summed E-state index contributed by atoms with van der Waals surface area (Å²) < 4.78 is 12.8. The molecule has 1 aliphatic heterocycles. The number of carbonyl (C=O) groups is 1. The number of aromatic nitrogens is 4. The second-order valence-corrected chi connectivity index (χ2v) is 10.1. The smallest absolute Gasteiger partial charge is 0.407 e. The number of benzene rings is 1. The van der Waals surface area contributed by atoms with E-state index >= 15 is 0 Å². The van der Waals surface area contributed by atoms with Gasteiger partial charge in [-0.15, -0.1) is 0 Å². The van der Waals surface area contributed by atoms with Crippen molar-refractivity contribution in [3.05, 3.63) is 24.5 Å². The predicted molar refractivity (Wildman–Crippen MR) is 140 cm³/mol. The molecule has 1 saturated heterocycles. The van der Waals surface area contributed by atoms with Gasteiger partial charge in [0.05, 0.1) is 13.4 Å². The molecule has 186 valence electrons. The highest BCUT2D eigenvalue weighted by Crippen LogP contribution is 2.29. The van der Waals surface area contributed by atoms with Crippen LogP contribution in [0.3, 0.4) is 0 Å². The highest BCUT2D eigenvalue weighted by Gasteiger charge is 2.25. The average molecular weight is 478 g/mol. The number of fused-ring (bicyclic) bond motifs is 1. The summed E-state index contributed by atoms with van der Waals surface area (Å²) in [5, 5.41) is 2.91. The fourth-order valence-corrected chi connectivity index (χ4v) is 4.41. The number of hydrogen-bond acceptors (Lipinski definition) is 7. The van der Waals surface area contributed by atoms with Gasteiger partial charge in [-0.1, -0.05) is 6.07 Å². The van der Waals surface area contributed by atoms with E-state index in [1.54, 1.807) is 7.11 Å². The van der Waals surface area contributed by atoms with Crippen molar-refractivity contribution in [3.8, 4) is 17.0 Å². The minimum absolute atomic E-state index is 0.360. The highest BCUT2D eigenvalue weighted by atomic mass is 16.6. The number of carbonyl (C=O) groups excluding carboxylic acids is 1. The molecule has 0 unspecified atom stereocenters. The van der Waals surface area contributed by atoms with E-state index in [-0.39, 0.29) is 6.09 Å². The van der Waals surface area contributed by atoms with E-state index in [0.29, 0.717) is 12.5 Å². The maximum Gasteiger partial charge on any atom is 0.407 e. The molecule has 3 aromatic rings. The van der Waals surface area contributed by atoms with Gasteiger partial charge in [-0.05, 0) is 64.1 Å². The summed E-state index contributed by atoms with van der Waals surface area (Å²) in [4.78, 5) is 28.8. The van der Waals surface area contributed by atoms with Gasteiger partial charge in [-0.2, -0.15) is 4.98 Å². The molecule has 0 aliphatic carbocycles. The number of nitrogens with zero attached hydrogens (tertiary/aromatic N) is 5. The minimum atomic E-state index is -0.491. The summed E-state index contributed by atoms with van der Waals surface area (Å²) in [5.41, 5.74) is 4.03. The first-order valence-corrected chi connectivity index (χ1v) is 12.3. The summed E-state index contributed by atoms with van der Waals surface area (Å²) >= 11 is 0. The van der Waals surface area contributed by atoms with Crippen LogP contribution in [0.1, 0.15) is 40.5 Å². The number of alkyl carbamates (subject to hydrolysis) is 1. The van der Waals surface area contributed by atoms with Crippen LogP contribution in [-0.2, 0) is 11.3 Å². The Morgan fingerprint density at radius 1 is 1.23 bits per heavy atom. The molecule has 0 atom stereocenters. The van der Waals surface area contributed by atoms with Gasteiger partial charge >= 0.3 is 6.09 Å². The van der Waals surface area contributed by atoms with Crippen LogP contribution in [0, 0.1) is 5.92 Å². The van der Waals surface area contributed by atoms with Gasteiger partial charge in [0, 0.05) is 31.7 Å². The van der Waals surface area contributed by atoms with Gasteiger partial charge in [0.15, 0.2) is 5.65 Å². The van der Waals surface area contributed by atoms with Crippen molar-refractivity contribution in [3.63, 3.8) is 0 Å². The van der Waals surface area contributed by atoms with Gasteiger partial charge in [-0.25, -0.2) is 14.8 Å². The molecule has 1 amide bonds. The Kier molecular flexibility index (Phi) is 7.19. The molecule has 2 aromatic heterocycles. The maximum absolute atomic E-state index is 12.0. The Balaban J connectivity index is 1.53. The number of rotatable bonds is 6. The third-order valence-electron chi connectivity index (χ3n) is 6.29. The molecule has 3 heterocycles. The summed E-state index contributed by atoms with van der Waals surface area (Å²) in [6.07, 6.45) is 3.36. The monoisotopic (exact) mass is 478 g/mol. The van der Waals surface area contributed by atoms with Crippen molar-refractivity contribution < 1.29 is 14.3 Å². The molecule has 1 aromatic carbocycles.